The van der Waals surface area contributed by atoms with E-state index in [9.17, 15) is 4.79 Å². The van der Waals surface area contributed by atoms with Gasteiger partial charge in [-0.15, -0.1) is 6.42 Å². The average Bonchev–Trinajstić information content (AvgIpc) is 2.47. The summed E-state index contributed by atoms with van der Waals surface area (Å²) in [5, 5.41) is 9.08. The molecule has 66 valence electrons. The van der Waals surface area contributed by atoms with Crippen LogP contribution in [0.1, 0.15) is 19.8 Å². The van der Waals surface area contributed by atoms with E-state index in [1.165, 1.54) is 0 Å². The van der Waals surface area contributed by atoms with E-state index in [-0.39, 0.29) is 12.5 Å². The van der Waals surface area contributed by atoms with E-state index < -0.39 is 5.54 Å². The summed E-state index contributed by atoms with van der Waals surface area (Å²) in [6.07, 6.45) is 6.76. The molecule has 1 heterocycles. The van der Waals surface area contributed by atoms with E-state index in [1.54, 1.807) is 4.90 Å². The van der Waals surface area contributed by atoms with Crippen molar-refractivity contribution in [3.63, 3.8) is 0 Å². The number of carbonyl (C=O) groups is 1. The van der Waals surface area contributed by atoms with Crippen LogP contribution >= 0.6 is 0 Å². The molecule has 1 aliphatic heterocycles. The molecule has 0 aliphatic carbocycles. The maximum absolute atomic E-state index is 11.2. The standard InChI is InChI=1S/C9H13NO2/c1-3-8(12)10-6-4-5-9(10,2)7-11/h1,11H,4-7H2,2H3. The van der Waals surface area contributed by atoms with E-state index in [2.05, 4.69) is 5.92 Å². The third-order valence-electron chi connectivity index (χ3n) is 2.46. The number of likely N-dealkylation sites (tertiary alicyclic amines) is 1. The second kappa shape index (κ2) is 3.16. The van der Waals surface area contributed by atoms with Crippen molar-refractivity contribution in [3.05, 3.63) is 0 Å². The van der Waals surface area contributed by atoms with E-state index in [1.807, 2.05) is 6.92 Å². The number of amides is 1. The lowest BCUT2D eigenvalue weighted by Gasteiger charge is -2.31. The van der Waals surface area contributed by atoms with Crippen LogP contribution in [0.2, 0.25) is 0 Å². The van der Waals surface area contributed by atoms with Crippen molar-refractivity contribution in [1.82, 2.24) is 4.90 Å². The van der Waals surface area contributed by atoms with Gasteiger partial charge in [-0.2, -0.15) is 0 Å². The summed E-state index contributed by atoms with van der Waals surface area (Å²) in [4.78, 5) is 12.7. The van der Waals surface area contributed by atoms with Gasteiger partial charge in [0.05, 0.1) is 12.1 Å². The van der Waals surface area contributed by atoms with Gasteiger partial charge in [-0.1, -0.05) is 0 Å². The molecular weight excluding hydrogens is 154 g/mol. The maximum Gasteiger partial charge on any atom is 0.298 e. The Kier molecular flexibility index (Phi) is 2.39. The molecule has 0 radical (unpaired) electrons. The summed E-state index contributed by atoms with van der Waals surface area (Å²) in [5.41, 5.74) is -0.427. The largest absolute Gasteiger partial charge is 0.394 e. The summed E-state index contributed by atoms with van der Waals surface area (Å²) in [5.74, 6) is 1.76. The molecule has 1 N–H and O–H groups in total. The minimum atomic E-state index is -0.427. The molecule has 12 heavy (non-hydrogen) atoms. The number of hydrogen-bond acceptors (Lipinski definition) is 2. The lowest BCUT2D eigenvalue weighted by Crippen LogP contribution is -2.47. The summed E-state index contributed by atoms with van der Waals surface area (Å²) < 4.78 is 0. The fourth-order valence-electron chi connectivity index (χ4n) is 1.61. The molecular formula is C9H13NO2. The normalized spacial score (nSPS) is 28.6. The molecule has 1 amide bonds. The highest BCUT2D eigenvalue weighted by molar-refractivity contribution is 5.93. The fraction of sp³-hybridized carbons (Fsp3) is 0.667. The minimum absolute atomic E-state index is 0.0135. The highest BCUT2D eigenvalue weighted by atomic mass is 16.3. The molecule has 1 saturated heterocycles. The van der Waals surface area contributed by atoms with Crippen LogP contribution in [-0.2, 0) is 4.79 Å². The second-order valence-electron chi connectivity index (χ2n) is 3.36. The first-order chi connectivity index (χ1) is 5.64. The SMILES string of the molecule is C#CC(=O)N1CCCC1(C)CO. The second-order valence-corrected chi connectivity index (χ2v) is 3.36. The molecule has 1 atom stereocenters. The Morgan fingerprint density at radius 2 is 2.50 bits per heavy atom. The van der Waals surface area contributed by atoms with Gasteiger partial charge in [0.25, 0.3) is 5.91 Å². The third kappa shape index (κ3) is 1.30. The van der Waals surface area contributed by atoms with Gasteiger partial charge in [0, 0.05) is 6.54 Å². The fourth-order valence-corrected chi connectivity index (χ4v) is 1.61. The number of carbonyl (C=O) groups excluding carboxylic acids is 1. The Hall–Kier alpha value is -1.01. The monoisotopic (exact) mass is 167 g/mol. The number of nitrogens with zero attached hydrogens (tertiary/aromatic N) is 1. The summed E-state index contributed by atoms with van der Waals surface area (Å²) >= 11 is 0. The van der Waals surface area contributed by atoms with Crippen molar-refractivity contribution in [3.8, 4) is 12.3 Å². The molecule has 1 unspecified atom stereocenters. The number of aliphatic hydroxyl groups excluding tert-OH is 1. The number of hydrogen-bond donors (Lipinski definition) is 1. The van der Waals surface area contributed by atoms with Gasteiger partial charge < -0.3 is 10.0 Å². The molecule has 1 fully saturated rings. The molecule has 3 nitrogen and oxygen atoms in total. The summed E-state index contributed by atoms with van der Waals surface area (Å²) in [6.45, 7) is 2.51. The van der Waals surface area contributed by atoms with Gasteiger partial charge in [0.15, 0.2) is 0 Å². The quantitative estimate of drug-likeness (QED) is 0.558. The minimum Gasteiger partial charge on any atom is -0.394 e. The number of terminal acetylenes is 1. The summed E-state index contributed by atoms with van der Waals surface area (Å²) in [7, 11) is 0. The van der Waals surface area contributed by atoms with Gasteiger partial charge in [-0.05, 0) is 25.7 Å². The Balaban J connectivity index is 2.78. The molecule has 1 rings (SSSR count). The molecule has 1 aliphatic rings. The van der Waals surface area contributed by atoms with Gasteiger partial charge in [-0.3, -0.25) is 4.79 Å². The van der Waals surface area contributed by atoms with E-state index in [0.29, 0.717) is 6.54 Å². The van der Waals surface area contributed by atoms with E-state index in [4.69, 9.17) is 11.5 Å². The van der Waals surface area contributed by atoms with Crippen molar-refractivity contribution < 1.29 is 9.90 Å². The van der Waals surface area contributed by atoms with E-state index >= 15 is 0 Å². The highest BCUT2D eigenvalue weighted by Crippen LogP contribution is 2.27. The molecule has 0 spiro atoms. The van der Waals surface area contributed by atoms with Gasteiger partial charge in [0.1, 0.15) is 0 Å². The van der Waals surface area contributed by atoms with Crippen molar-refractivity contribution in [2.75, 3.05) is 13.2 Å². The lowest BCUT2D eigenvalue weighted by atomic mass is 10.0. The third-order valence-corrected chi connectivity index (χ3v) is 2.46. The van der Waals surface area contributed by atoms with Crippen LogP contribution in [0.25, 0.3) is 0 Å². The van der Waals surface area contributed by atoms with Crippen LogP contribution in [0, 0.1) is 12.3 Å². The predicted molar refractivity (Wildman–Crippen MR) is 45.3 cm³/mol. The van der Waals surface area contributed by atoms with Crippen LogP contribution in [0.3, 0.4) is 0 Å². The topological polar surface area (TPSA) is 40.5 Å². The highest BCUT2D eigenvalue weighted by Gasteiger charge is 2.38. The average molecular weight is 167 g/mol. The zero-order chi connectivity index (χ0) is 9.19. The van der Waals surface area contributed by atoms with Crippen molar-refractivity contribution in [1.29, 1.82) is 0 Å². The van der Waals surface area contributed by atoms with Crippen molar-refractivity contribution in [2.45, 2.75) is 25.3 Å². The van der Waals surface area contributed by atoms with Crippen LogP contribution < -0.4 is 0 Å². The van der Waals surface area contributed by atoms with E-state index in [0.717, 1.165) is 12.8 Å². The Bertz CT molecular complexity index is 231. The molecule has 0 saturated carbocycles. The first-order valence-electron chi connectivity index (χ1n) is 4.03. The predicted octanol–water partition coefficient (Wildman–Crippen LogP) is -0.00700. The number of rotatable bonds is 1. The van der Waals surface area contributed by atoms with Crippen molar-refractivity contribution >= 4 is 5.91 Å². The van der Waals surface area contributed by atoms with Crippen LogP contribution in [0.5, 0.6) is 0 Å². The van der Waals surface area contributed by atoms with Crippen LogP contribution in [-0.4, -0.2) is 34.6 Å². The Morgan fingerprint density at radius 3 is 3.00 bits per heavy atom. The van der Waals surface area contributed by atoms with Crippen LogP contribution in [0.15, 0.2) is 0 Å². The summed E-state index contributed by atoms with van der Waals surface area (Å²) in [6, 6.07) is 0. The van der Waals surface area contributed by atoms with Crippen molar-refractivity contribution in [2.24, 2.45) is 0 Å². The molecule has 0 aromatic carbocycles. The first kappa shape index (κ1) is 9.08. The zero-order valence-electron chi connectivity index (χ0n) is 7.21. The smallest absolute Gasteiger partial charge is 0.298 e. The van der Waals surface area contributed by atoms with Crippen LogP contribution in [0.4, 0.5) is 0 Å². The first-order valence-corrected chi connectivity index (χ1v) is 4.03. The molecule has 0 bridgehead atoms. The lowest BCUT2D eigenvalue weighted by molar-refractivity contribution is -0.129. The number of aliphatic hydroxyl groups is 1. The Morgan fingerprint density at radius 1 is 1.83 bits per heavy atom. The molecule has 0 aromatic heterocycles. The maximum atomic E-state index is 11.2. The zero-order valence-corrected chi connectivity index (χ0v) is 7.21. The van der Waals surface area contributed by atoms with Gasteiger partial charge in [-0.25, -0.2) is 0 Å². The van der Waals surface area contributed by atoms with Gasteiger partial charge >= 0.3 is 0 Å². The Labute approximate surface area is 72.4 Å². The van der Waals surface area contributed by atoms with Gasteiger partial charge in [0.2, 0.25) is 0 Å². The molecule has 0 aromatic rings. The molecule has 3 heteroatoms.